The minimum atomic E-state index is -0.788. The van der Waals surface area contributed by atoms with Crippen molar-refractivity contribution in [1.82, 2.24) is 24.9 Å². The van der Waals surface area contributed by atoms with Crippen LogP contribution < -0.4 is 16.4 Å². The zero-order valence-electron chi connectivity index (χ0n) is 17.5. The van der Waals surface area contributed by atoms with Crippen LogP contribution in [0, 0.1) is 0 Å². The lowest BCUT2D eigenvalue weighted by atomic mass is 9.97. The third-order valence-corrected chi connectivity index (χ3v) is 5.54. The van der Waals surface area contributed by atoms with Crippen molar-refractivity contribution in [2.24, 2.45) is 0 Å². The first-order valence-electron chi connectivity index (χ1n) is 10.6. The quantitative estimate of drug-likeness (QED) is 0.656. The molecule has 0 saturated carbocycles. The van der Waals surface area contributed by atoms with Gasteiger partial charge in [0.25, 0.3) is 11.1 Å². The van der Waals surface area contributed by atoms with Crippen LogP contribution in [0.2, 0.25) is 0 Å². The SMILES string of the molecule is CC(C(=O)NCCn1nc2c(cc1=O)CCCC2)n1nc(-c2ccccc2)ccc1=O. The summed E-state index contributed by atoms with van der Waals surface area (Å²) in [5.41, 5.74) is 2.98. The first-order valence-corrected chi connectivity index (χ1v) is 10.6. The van der Waals surface area contributed by atoms with E-state index < -0.39 is 6.04 Å². The van der Waals surface area contributed by atoms with Gasteiger partial charge in [0.2, 0.25) is 5.91 Å². The van der Waals surface area contributed by atoms with Crippen molar-refractivity contribution < 1.29 is 4.79 Å². The van der Waals surface area contributed by atoms with Gasteiger partial charge in [0, 0.05) is 24.2 Å². The topological polar surface area (TPSA) is 98.9 Å². The highest BCUT2D eigenvalue weighted by molar-refractivity contribution is 5.79. The van der Waals surface area contributed by atoms with E-state index in [4.69, 9.17) is 0 Å². The largest absolute Gasteiger partial charge is 0.352 e. The van der Waals surface area contributed by atoms with E-state index in [1.807, 2.05) is 30.3 Å². The summed E-state index contributed by atoms with van der Waals surface area (Å²) in [6, 6.07) is 13.4. The van der Waals surface area contributed by atoms with Crippen LogP contribution >= 0.6 is 0 Å². The summed E-state index contributed by atoms with van der Waals surface area (Å²) in [7, 11) is 0. The Balaban J connectivity index is 1.43. The van der Waals surface area contributed by atoms with E-state index in [-0.39, 0.29) is 30.1 Å². The van der Waals surface area contributed by atoms with E-state index in [1.165, 1.54) is 15.4 Å². The monoisotopic (exact) mass is 419 g/mol. The Kier molecular flexibility index (Phi) is 6.06. The average molecular weight is 419 g/mol. The Morgan fingerprint density at radius 3 is 2.61 bits per heavy atom. The number of amides is 1. The lowest BCUT2D eigenvalue weighted by molar-refractivity contribution is -0.124. The summed E-state index contributed by atoms with van der Waals surface area (Å²) >= 11 is 0. The molecule has 1 aliphatic rings. The molecule has 0 bridgehead atoms. The minimum Gasteiger partial charge on any atom is -0.352 e. The van der Waals surface area contributed by atoms with Gasteiger partial charge in [0.15, 0.2) is 0 Å². The lowest BCUT2D eigenvalue weighted by Gasteiger charge is -2.17. The van der Waals surface area contributed by atoms with Crippen molar-refractivity contribution in [2.75, 3.05) is 6.54 Å². The van der Waals surface area contributed by atoms with Crippen molar-refractivity contribution >= 4 is 5.91 Å². The second-order valence-corrected chi connectivity index (χ2v) is 7.72. The van der Waals surface area contributed by atoms with Gasteiger partial charge in [-0.1, -0.05) is 30.3 Å². The predicted octanol–water partition coefficient (Wildman–Crippen LogP) is 1.72. The zero-order valence-corrected chi connectivity index (χ0v) is 17.5. The Morgan fingerprint density at radius 1 is 1.03 bits per heavy atom. The lowest BCUT2D eigenvalue weighted by Crippen LogP contribution is -2.39. The summed E-state index contributed by atoms with van der Waals surface area (Å²) in [5, 5.41) is 11.6. The van der Waals surface area contributed by atoms with Crippen LogP contribution in [0.4, 0.5) is 0 Å². The Hall–Kier alpha value is -3.55. The highest BCUT2D eigenvalue weighted by Gasteiger charge is 2.18. The van der Waals surface area contributed by atoms with Crippen LogP contribution in [0.1, 0.15) is 37.1 Å². The maximum Gasteiger partial charge on any atom is 0.267 e. The number of aryl methyl sites for hydroxylation is 2. The van der Waals surface area contributed by atoms with E-state index in [2.05, 4.69) is 15.5 Å². The van der Waals surface area contributed by atoms with Crippen LogP contribution in [0.5, 0.6) is 0 Å². The van der Waals surface area contributed by atoms with Crippen molar-refractivity contribution in [1.29, 1.82) is 0 Å². The van der Waals surface area contributed by atoms with Gasteiger partial charge in [-0.3, -0.25) is 14.4 Å². The molecule has 0 aliphatic heterocycles. The van der Waals surface area contributed by atoms with E-state index in [0.717, 1.165) is 42.5 Å². The van der Waals surface area contributed by atoms with E-state index in [1.54, 1.807) is 19.1 Å². The van der Waals surface area contributed by atoms with Crippen molar-refractivity contribution in [3.8, 4) is 11.3 Å². The molecule has 0 fully saturated rings. The molecule has 0 spiro atoms. The second kappa shape index (κ2) is 9.07. The van der Waals surface area contributed by atoms with Crippen molar-refractivity contribution in [2.45, 2.75) is 45.2 Å². The Bertz CT molecular complexity index is 1200. The zero-order chi connectivity index (χ0) is 21.8. The first kappa shape index (κ1) is 20.7. The summed E-state index contributed by atoms with van der Waals surface area (Å²) in [6.07, 6.45) is 3.95. The average Bonchev–Trinajstić information content (AvgIpc) is 2.79. The number of benzene rings is 1. The summed E-state index contributed by atoms with van der Waals surface area (Å²) < 4.78 is 2.58. The molecule has 1 N–H and O–H groups in total. The second-order valence-electron chi connectivity index (χ2n) is 7.72. The summed E-state index contributed by atoms with van der Waals surface area (Å²) in [5.74, 6) is -0.342. The normalized spacial score (nSPS) is 14.0. The van der Waals surface area contributed by atoms with E-state index >= 15 is 0 Å². The number of carbonyl (C=O) groups is 1. The maximum atomic E-state index is 12.6. The van der Waals surface area contributed by atoms with Gasteiger partial charge in [-0.2, -0.15) is 10.2 Å². The molecule has 1 atom stereocenters. The van der Waals surface area contributed by atoms with Crippen LogP contribution in [-0.4, -0.2) is 32.0 Å². The van der Waals surface area contributed by atoms with Gasteiger partial charge in [0.05, 0.1) is 17.9 Å². The van der Waals surface area contributed by atoms with Crippen LogP contribution in [0.3, 0.4) is 0 Å². The minimum absolute atomic E-state index is 0.156. The van der Waals surface area contributed by atoms with Gasteiger partial charge < -0.3 is 5.32 Å². The first-order chi connectivity index (χ1) is 15.0. The van der Waals surface area contributed by atoms with E-state index in [9.17, 15) is 14.4 Å². The number of hydrogen-bond donors (Lipinski definition) is 1. The maximum absolute atomic E-state index is 12.6. The number of fused-ring (bicyclic) bond motifs is 1. The molecule has 4 rings (SSSR count). The third kappa shape index (κ3) is 4.63. The summed E-state index contributed by atoms with van der Waals surface area (Å²) in [6.45, 7) is 2.14. The number of nitrogens with one attached hydrogen (secondary N) is 1. The fourth-order valence-corrected chi connectivity index (χ4v) is 3.77. The fourth-order valence-electron chi connectivity index (χ4n) is 3.77. The van der Waals surface area contributed by atoms with Crippen LogP contribution in [-0.2, 0) is 24.2 Å². The molecule has 1 aliphatic carbocycles. The Morgan fingerprint density at radius 2 is 1.81 bits per heavy atom. The molecule has 160 valence electrons. The van der Waals surface area contributed by atoms with Gasteiger partial charge >= 0.3 is 0 Å². The fraction of sp³-hybridized carbons (Fsp3) is 0.348. The molecular formula is C23H25N5O3. The molecule has 31 heavy (non-hydrogen) atoms. The molecular weight excluding hydrogens is 394 g/mol. The van der Waals surface area contributed by atoms with Crippen LogP contribution in [0.15, 0.2) is 58.1 Å². The highest BCUT2D eigenvalue weighted by atomic mass is 16.2. The Labute approximate surface area is 179 Å². The standard InChI is InChI=1S/C23H25N5O3/c1-16(28-21(29)12-11-20(26-28)17-7-3-2-4-8-17)23(31)24-13-14-27-22(30)15-18-9-5-6-10-19(18)25-27/h2-4,7-8,11-12,15-16H,5-6,9-10,13-14H2,1H3,(H,24,31). The van der Waals surface area contributed by atoms with Crippen LogP contribution in [0.25, 0.3) is 11.3 Å². The molecule has 0 saturated heterocycles. The molecule has 1 aromatic carbocycles. The van der Waals surface area contributed by atoms with Crippen molar-refractivity contribution in [3.63, 3.8) is 0 Å². The third-order valence-electron chi connectivity index (χ3n) is 5.54. The van der Waals surface area contributed by atoms with Gasteiger partial charge in [-0.05, 0) is 44.2 Å². The molecule has 8 heteroatoms. The molecule has 2 aromatic heterocycles. The van der Waals surface area contributed by atoms with Gasteiger partial charge in [-0.15, -0.1) is 0 Å². The predicted molar refractivity (Wildman–Crippen MR) is 117 cm³/mol. The highest BCUT2D eigenvalue weighted by Crippen LogP contribution is 2.17. The molecule has 2 heterocycles. The van der Waals surface area contributed by atoms with E-state index in [0.29, 0.717) is 5.69 Å². The summed E-state index contributed by atoms with van der Waals surface area (Å²) in [4.78, 5) is 37.2. The number of aromatic nitrogens is 4. The van der Waals surface area contributed by atoms with Crippen molar-refractivity contribution in [3.05, 3.63) is 80.5 Å². The number of carbonyl (C=O) groups excluding carboxylic acids is 1. The van der Waals surface area contributed by atoms with Gasteiger partial charge in [-0.25, -0.2) is 9.36 Å². The molecule has 1 amide bonds. The number of rotatable bonds is 6. The smallest absolute Gasteiger partial charge is 0.267 e. The number of hydrogen-bond acceptors (Lipinski definition) is 5. The molecule has 0 radical (unpaired) electrons. The molecule has 1 unspecified atom stereocenters. The number of nitrogens with zero attached hydrogens (tertiary/aromatic N) is 4. The van der Waals surface area contributed by atoms with Gasteiger partial charge in [0.1, 0.15) is 6.04 Å². The molecule has 3 aromatic rings. The molecule has 8 nitrogen and oxygen atoms in total.